The first-order chi connectivity index (χ1) is 13.4. The van der Waals surface area contributed by atoms with Crippen molar-refractivity contribution in [3.8, 4) is 0 Å². The molecule has 0 spiro atoms. The molecule has 0 radical (unpaired) electrons. The lowest BCUT2D eigenvalue weighted by atomic mass is 10.1. The van der Waals surface area contributed by atoms with Crippen LogP contribution in [-0.4, -0.2) is 21.5 Å². The summed E-state index contributed by atoms with van der Waals surface area (Å²) < 4.78 is 43.5. The van der Waals surface area contributed by atoms with Crippen LogP contribution in [0.25, 0.3) is 12.2 Å². The van der Waals surface area contributed by atoms with Gasteiger partial charge in [0.15, 0.2) is 0 Å². The van der Waals surface area contributed by atoms with Crippen LogP contribution in [0.3, 0.4) is 0 Å². The molecule has 0 amide bonds. The Bertz CT molecular complexity index is 1120. The molecule has 3 aromatic rings. The number of benzene rings is 3. The number of ether oxygens (including phenoxy) is 1. The summed E-state index contributed by atoms with van der Waals surface area (Å²) in [4.78, 5) is 11.9. The van der Waals surface area contributed by atoms with E-state index in [0.29, 0.717) is 0 Å². The third-order valence-electron chi connectivity index (χ3n) is 4.11. The maximum absolute atomic E-state index is 12.9. The van der Waals surface area contributed by atoms with Crippen LogP contribution in [0.4, 0.5) is 4.39 Å². The molecule has 0 saturated carbocycles. The number of hydrogen-bond donors (Lipinski definition) is 0. The van der Waals surface area contributed by atoms with Gasteiger partial charge in [-0.15, -0.1) is 0 Å². The molecule has 0 aromatic heterocycles. The highest BCUT2D eigenvalue weighted by molar-refractivity contribution is 7.91. The Labute approximate surface area is 162 Å². The van der Waals surface area contributed by atoms with Gasteiger partial charge in [0, 0.05) is 0 Å². The summed E-state index contributed by atoms with van der Waals surface area (Å²) in [6.45, 7) is 0. The first-order valence-corrected chi connectivity index (χ1v) is 9.86. The van der Waals surface area contributed by atoms with Gasteiger partial charge in [-0.2, -0.15) is 0 Å². The molecule has 142 valence electrons. The predicted molar refractivity (Wildman–Crippen MR) is 105 cm³/mol. The lowest BCUT2D eigenvalue weighted by Crippen LogP contribution is -2.11. The van der Waals surface area contributed by atoms with E-state index in [1.807, 2.05) is 0 Å². The van der Waals surface area contributed by atoms with E-state index in [-0.39, 0.29) is 21.2 Å². The first-order valence-electron chi connectivity index (χ1n) is 8.38. The number of sulfone groups is 1. The van der Waals surface area contributed by atoms with Crippen LogP contribution in [0, 0.1) is 5.82 Å². The summed E-state index contributed by atoms with van der Waals surface area (Å²) in [5.41, 5.74) is 1.60. The van der Waals surface area contributed by atoms with Gasteiger partial charge in [-0.1, -0.05) is 48.6 Å². The molecule has 0 bridgehead atoms. The molecule has 0 heterocycles. The number of halogens is 1. The van der Waals surface area contributed by atoms with Crippen LogP contribution in [-0.2, 0) is 14.6 Å². The fraction of sp³-hybridized carbons (Fsp3) is 0.0455. The van der Waals surface area contributed by atoms with Gasteiger partial charge < -0.3 is 4.74 Å². The Hall–Kier alpha value is -3.25. The Balaban J connectivity index is 1.89. The smallest absolute Gasteiger partial charge is 0.339 e. The van der Waals surface area contributed by atoms with Crippen LogP contribution in [0.5, 0.6) is 0 Å². The molecule has 0 N–H and O–H groups in total. The second kappa shape index (κ2) is 8.19. The number of esters is 1. The highest BCUT2D eigenvalue weighted by Gasteiger charge is 2.24. The zero-order chi connectivity index (χ0) is 20.1. The van der Waals surface area contributed by atoms with Crippen LogP contribution in [0.1, 0.15) is 21.5 Å². The van der Waals surface area contributed by atoms with Crippen molar-refractivity contribution in [3.05, 3.63) is 95.3 Å². The molecule has 3 aromatic carbocycles. The van der Waals surface area contributed by atoms with Crippen molar-refractivity contribution >= 4 is 28.0 Å². The predicted octanol–water partition coefficient (Wildman–Crippen LogP) is 4.62. The maximum atomic E-state index is 12.9. The molecule has 4 nitrogen and oxygen atoms in total. The van der Waals surface area contributed by atoms with Crippen LogP contribution < -0.4 is 0 Å². The molecule has 28 heavy (non-hydrogen) atoms. The minimum Gasteiger partial charge on any atom is -0.465 e. The summed E-state index contributed by atoms with van der Waals surface area (Å²) in [7, 11) is -2.68. The molecular formula is C22H17FO4S. The van der Waals surface area contributed by atoms with E-state index in [9.17, 15) is 17.6 Å². The van der Waals surface area contributed by atoms with E-state index in [2.05, 4.69) is 4.74 Å². The second-order valence-corrected chi connectivity index (χ2v) is 7.86. The summed E-state index contributed by atoms with van der Waals surface area (Å²) in [5.74, 6) is -1.02. The number of carbonyl (C=O) groups is 1. The largest absolute Gasteiger partial charge is 0.465 e. The molecule has 0 atom stereocenters. The Morgan fingerprint density at radius 1 is 0.857 bits per heavy atom. The minimum atomic E-state index is -3.88. The van der Waals surface area contributed by atoms with Crippen molar-refractivity contribution in [2.75, 3.05) is 7.11 Å². The summed E-state index contributed by atoms with van der Waals surface area (Å²) in [6, 6.07) is 18.2. The van der Waals surface area contributed by atoms with Crippen molar-refractivity contribution in [2.45, 2.75) is 9.79 Å². The van der Waals surface area contributed by atoms with Gasteiger partial charge >= 0.3 is 5.97 Å². The van der Waals surface area contributed by atoms with E-state index in [4.69, 9.17) is 0 Å². The highest BCUT2D eigenvalue weighted by atomic mass is 32.2. The van der Waals surface area contributed by atoms with Gasteiger partial charge in [-0.25, -0.2) is 17.6 Å². The van der Waals surface area contributed by atoms with Crippen molar-refractivity contribution in [1.29, 1.82) is 0 Å². The van der Waals surface area contributed by atoms with Gasteiger partial charge in [0.05, 0.1) is 22.5 Å². The van der Waals surface area contributed by atoms with E-state index in [1.165, 1.54) is 43.5 Å². The van der Waals surface area contributed by atoms with Crippen molar-refractivity contribution in [2.24, 2.45) is 0 Å². The summed E-state index contributed by atoms with van der Waals surface area (Å²) >= 11 is 0. The maximum Gasteiger partial charge on any atom is 0.339 e. The van der Waals surface area contributed by atoms with Gasteiger partial charge in [-0.05, 0) is 47.5 Å². The Morgan fingerprint density at radius 3 is 1.96 bits per heavy atom. The molecule has 6 heteroatoms. The van der Waals surface area contributed by atoms with Crippen molar-refractivity contribution in [3.63, 3.8) is 0 Å². The monoisotopic (exact) mass is 396 g/mol. The van der Waals surface area contributed by atoms with Crippen LogP contribution in [0.15, 0.2) is 82.6 Å². The summed E-state index contributed by atoms with van der Waals surface area (Å²) in [5, 5.41) is 0. The van der Waals surface area contributed by atoms with E-state index in [0.717, 1.165) is 11.1 Å². The summed E-state index contributed by atoms with van der Waals surface area (Å²) in [6.07, 6.45) is 3.60. The molecule has 3 rings (SSSR count). The average Bonchev–Trinajstić information content (AvgIpc) is 2.73. The lowest BCUT2D eigenvalue weighted by molar-refractivity contribution is 0.0596. The third kappa shape index (κ3) is 4.18. The quantitative estimate of drug-likeness (QED) is 0.467. The SMILES string of the molecule is COC(=O)c1ccccc1S(=O)(=O)c1ccc(/C=C/c2ccc(F)cc2)cc1. The highest BCUT2D eigenvalue weighted by Crippen LogP contribution is 2.25. The van der Waals surface area contributed by atoms with Crippen LogP contribution in [0.2, 0.25) is 0 Å². The normalized spacial score (nSPS) is 11.5. The topological polar surface area (TPSA) is 60.4 Å². The molecule has 0 aliphatic heterocycles. The lowest BCUT2D eigenvalue weighted by Gasteiger charge is -2.09. The van der Waals surface area contributed by atoms with Crippen LogP contribution >= 0.6 is 0 Å². The fourth-order valence-electron chi connectivity index (χ4n) is 2.63. The number of methoxy groups -OCH3 is 1. The Morgan fingerprint density at radius 2 is 1.39 bits per heavy atom. The Kier molecular flexibility index (Phi) is 5.70. The van der Waals surface area contributed by atoms with E-state index >= 15 is 0 Å². The molecule has 0 saturated heterocycles. The van der Waals surface area contributed by atoms with Crippen molar-refractivity contribution in [1.82, 2.24) is 0 Å². The number of carbonyl (C=O) groups excluding carboxylic acids is 1. The zero-order valence-corrected chi connectivity index (χ0v) is 15.8. The molecule has 0 aliphatic rings. The van der Waals surface area contributed by atoms with E-state index in [1.54, 1.807) is 48.6 Å². The third-order valence-corrected chi connectivity index (χ3v) is 5.94. The van der Waals surface area contributed by atoms with E-state index < -0.39 is 15.8 Å². The minimum absolute atomic E-state index is 0.00900. The molecule has 0 aliphatic carbocycles. The van der Waals surface area contributed by atoms with Gasteiger partial charge in [-0.3, -0.25) is 0 Å². The zero-order valence-electron chi connectivity index (χ0n) is 15.0. The van der Waals surface area contributed by atoms with Gasteiger partial charge in [0.1, 0.15) is 5.82 Å². The second-order valence-electron chi connectivity index (χ2n) is 5.95. The van der Waals surface area contributed by atoms with Gasteiger partial charge in [0.2, 0.25) is 9.84 Å². The van der Waals surface area contributed by atoms with Gasteiger partial charge in [0.25, 0.3) is 0 Å². The molecular weight excluding hydrogens is 379 g/mol. The molecule has 0 fully saturated rings. The standard InChI is InChI=1S/C22H17FO4S/c1-27-22(24)20-4-2-3-5-21(20)28(25,26)19-14-10-17(11-15-19)7-6-16-8-12-18(23)13-9-16/h2-15H,1H3/b7-6+. The number of hydrogen-bond acceptors (Lipinski definition) is 4. The van der Waals surface area contributed by atoms with Crippen molar-refractivity contribution < 1.29 is 22.3 Å². The first kappa shape index (κ1) is 19.5. The average molecular weight is 396 g/mol. The molecule has 0 unspecified atom stereocenters. The fourth-order valence-corrected chi connectivity index (χ4v) is 4.08. The number of rotatable bonds is 5.